The molecular weight excluding hydrogens is 224 g/mol. The molecular formula is C10H16ClF2NO. The molecule has 1 heterocycles. The number of amides is 1. The summed E-state index contributed by atoms with van der Waals surface area (Å²) in [5.41, 5.74) is 0. The normalized spacial score (nSPS) is 25.1. The molecule has 0 aromatic carbocycles. The lowest BCUT2D eigenvalue weighted by Gasteiger charge is -2.36. The van der Waals surface area contributed by atoms with Gasteiger partial charge in [0.1, 0.15) is 5.38 Å². The third kappa shape index (κ3) is 3.30. The minimum Gasteiger partial charge on any atom is -0.341 e. The van der Waals surface area contributed by atoms with Crippen LogP contribution < -0.4 is 0 Å². The van der Waals surface area contributed by atoms with Gasteiger partial charge in [-0.2, -0.15) is 0 Å². The van der Waals surface area contributed by atoms with Crippen LogP contribution in [0.25, 0.3) is 0 Å². The number of likely N-dealkylation sites (tertiary alicyclic amines) is 1. The number of hydrogen-bond donors (Lipinski definition) is 0. The highest BCUT2D eigenvalue weighted by Crippen LogP contribution is 2.31. The molecule has 1 amide bonds. The molecule has 0 bridgehead atoms. The monoisotopic (exact) mass is 239 g/mol. The smallest absolute Gasteiger partial charge is 0.249 e. The van der Waals surface area contributed by atoms with Crippen molar-refractivity contribution in [1.82, 2.24) is 4.90 Å². The van der Waals surface area contributed by atoms with Gasteiger partial charge in [-0.25, -0.2) is 8.78 Å². The number of alkyl halides is 3. The molecule has 88 valence electrons. The first-order valence-corrected chi connectivity index (χ1v) is 5.56. The van der Waals surface area contributed by atoms with Crippen molar-refractivity contribution in [3.05, 3.63) is 0 Å². The van der Waals surface area contributed by atoms with Gasteiger partial charge in [0.15, 0.2) is 0 Å². The Balaban J connectivity index is 2.60. The quantitative estimate of drug-likeness (QED) is 0.678. The van der Waals surface area contributed by atoms with Gasteiger partial charge >= 0.3 is 0 Å². The maximum Gasteiger partial charge on any atom is 0.249 e. The fourth-order valence-corrected chi connectivity index (χ4v) is 1.98. The molecule has 5 heteroatoms. The highest BCUT2D eigenvalue weighted by Gasteiger charge is 2.38. The van der Waals surface area contributed by atoms with Crippen LogP contribution in [0.15, 0.2) is 0 Å². The number of rotatable bonds is 2. The molecule has 1 aliphatic rings. The molecule has 0 aromatic rings. The SMILES string of the molecule is C[C@H](Cl)C(=O)N1CCC[C@@H](C(C)(F)F)C1. The van der Waals surface area contributed by atoms with E-state index in [4.69, 9.17) is 11.6 Å². The first kappa shape index (κ1) is 12.7. The van der Waals surface area contributed by atoms with Gasteiger partial charge < -0.3 is 4.90 Å². The summed E-state index contributed by atoms with van der Waals surface area (Å²) in [7, 11) is 0. The van der Waals surface area contributed by atoms with E-state index in [1.165, 1.54) is 4.90 Å². The maximum atomic E-state index is 13.1. The van der Waals surface area contributed by atoms with Gasteiger partial charge in [-0.15, -0.1) is 11.6 Å². The van der Waals surface area contributed by atoms with Crippen molar-refractivity contribution in [3.63, 3.8) is 0 Å². The molecule has 0 spiro atoms. The highest BCUT2D eigenvalue weighted by molar-refractivity contribution is 6.30. The standard InChI is InChI=1S/C10H16ClF2NO/c1-7(11)9(15)14-5-3-4-8(6-14)10(2,12)13/h7-8H,3-6H2,1-2H3/t7-,8+/m0/s1. The van der Waals surface area contributed by atoms with Crippen molar-refractivity contribution in [2.75, 3.05) is 13.1 Å². The zero-order valence-electron chi connectivity index (χ0n) is 8.97. The van der Waals surface area contributed by atoms with Gasteiger partial charge in [0.25, 0.3) is 0 Å². The minimum atomic E-state index is -2.71. The molecule has 1 fully saturated rings. The van der Waals surface area contributed by atoms with E-state index in [0.29, 0.717) is 19.4 Å². The zero-order chi connectivity index (χ0) is 11.6. The van der Waals surface area contributed by atoms with E-state index in [2.05, 4.69) is 0 Å². The van der Waals surface area contributed by atoms with Crippen molar-refractivity contribution in [2.45, 2.75) is 38.0 Å². The number of piperidine rings is 1. The van der Waals surface area contributed by atoms with E-state index in [-0.39, 0.29) is 12.5 Å². The molecule has 0 unspecified atom stereocenters. The summed E-state index contributed by atoms with van der Waals surface area (Å²) in [5, 5.41) is -0.630. The van der Waals surface area contributed by atoms with Gasteiger partial charge in [-0.3, -0.25) is 4.79 Å². The molecule has 1 rings (SSSR count). The van der Waals surface area contributed by atoms with E-state index in [0.717, 1.165) is 6.92 Å². The Morgan fingerprint density at radius 3 is 2.67 bits per heavy atom. The lowest BCUT2D eigenvalue weighted by Crippen LogP contribution is -2.46. The van der Waals surface area contributed by atoms with Crippen LogP contribution in [0, 0.1) is 5.92 Å². The van der Waals surface area contributed by atoms with Crippen molar-refractivity contribution >= 4 is 17.5 Å². The van der Waals surface area contributed by atoms with E-state index >= 15 is 0 Å². The van der Waals surface area contributed by atoms with Gasteiger partial charge in [0.05, 0.1) is 0 Å². The summed E-state index contributed by atoms with van der Waals surface area (Å²) in [6.07, 6.45) is 1.10. The van der Waals surface area contributed by atoms with Crippen molar-refractivity contribution in [2.24, 2.45) is 5.92 Å². The third-order valence-electron chi connectivity index (χ3n) is 2.79. The Labute approximate surface area is 93.6 Å². The summed E-state index contributed by atoms with van der Waals surface area (Å²) in [6.45, 7) is 3.15. The second-order valence-corrected chi connectivity index (χ2v) is 4.85. The first-order valence-electron chi connectivity index (χ1n) is 5.13. The van der Waals surface area contributed by atoms with Crippen LogP contribution in [0.1, 0.15) is 26.7 Å². The van der Waals surface area contributed by atoms with Gasteiger partial charge in [0, 0.05) is 19.0 Å². The molecule has 1 aliphatic heterocycles. The van der Waals surface area contributed by atoms with Crippen molar-refractivity contribution < 1.29 is 13.6 Å². The predicted molar refractivity (Wildman–Crippen MR) is 55.2 cm³/mol. The van der Waals surface area contributed by atoms with E-state index < -0.39 is 17.2 Å². The largest absolute Gasteiger partial charge is 0.341 e. The minimum absolute atomic E-state index is 0.124. The van der Waals surface area contributed by atoms with E-state index in [1.807, 2.05) is 0 Å². The average molecular weight is 240 g/mol. The molecule has 2 nitrogen and oxygen atoms in total. The van der Waals surface area contributed by atoms with E-state index in [1.54, 1.807) is 6.92 Å². The number of hydrogen-bond acceptors (Lipinski definition) is 1. The summed E-state index contributed by atoms with van der Waals surface area (Å²) < 4.78 is 26.1. The number of carbonyl (C=O) groups is 1. The molecule has 15 heavy (non-hydrogen) atoms. The lowest BCUT2D eigenvalue weighted by molar-refractivity contribution is -0.136. The molecule has 0 aromatic heterocycles. The molecule has 0 saturated carbocycles. The lowest BCUT2D eigenvalue weighted by atomic mass is 9.92. The number of halogens is 3. The molecule has 0 aliphatic carbocycles. The fraction of sp³-hybridized carbons (Fsp3) is 0.900. The molecule has 1 saturated heterocycles. The summed E-state index contributed by atoms with van der Waals surface area (Å²) in [4.78, 5) is 13.0. The van der Waals surface area contributed by atoms with Crippen LogP contribution >= 0.6 is 11.6 Å². The Morgan fingerprint density at radius 1 is 1.60 bits per heavy atom. The van der Waals surface area contributed by atoms with Crippen molar-refractivity contribution in [1.29, 1.82) is 0 Å². The van der Waals surface area contributed by atoms with Gasteiger partial charge in [0.2, 0.25) is 11.8 Å². The van der Waals surface area contributed by atoms with Crippen LogP contribution in [0.3, 0.4) is 0 Å². The second-order valence-electron chi connectivity index (χ2n) is 4.20. The summed E-state index contributed by atoms with van der Waals surface area (Å²) in [5.74, 6) is -3.69. The first-order chi connectivity index (χ1) is 6.82. The zero-order valence-corrected chi connectivity index (χ0v) is 9.73. The number of nitrogens with zero attached hydrogens (tertiary/aromatic N) is 1. The average Bonchev–Trinajstić information content (AvgIpc) is 2.15. The van der Waals surface area contributed by atoms with Crippen molar-refractivity contribution in [3.8, 4) is 0 Å². The second kappa shape index (κ2) is 4.64. The van der Waals surface area contributed by atoms with Gasteiger partial charge in [-0.1, -0.05) is 0 Å². The fourth-order valence-electron chi connectivity index (χ4n) is 1.84. The Bertz CT molecular complexity index is 240. The van der Waals surface area contributed by atoms with Crippen LogP contribution in [0.5, 0.6) is 0 Å². The van der Waals surface area contributed by atoms with E-state index in [9.17, 15) is 13.6 Å². The van der Waals surface area contributed by atoms with Crippen LogP contribution in [-0.4, -0.2) is 35.2 Å². The maximum absolute atomic E-state index is 13.1. The Hall–Kier alpha value is -0.380. The summed E-state index contributed by atoms with van der Waals surface area (Å²) >= 11 is 5.64. The molecule has 2 atom stereocenters. The molecule has 0 N–H and O–H groups in total. The van der Waals surface area contributed by atoms with Crippen LogP contribution in [0.4, 0.5) is 8.78 Å². The van der Waals surface area contributed by atoms with Crippen LogP contribution in [-0.2, 0) is 4.79 Å². The number of carbonyl (C=O) groups excluding carboxylic acids is 1. The third-order valence-corrected chi connectivity index (χ3v) is 2.98. The predicted octanol–water partition coefficient (Wildman–Crippen LogP) is 2.51. The van der Waals surface area contributed by atoms with Crippen LogP contribution in [0.2, 0.25) is 0 Å². The Kier molecular flexibility index (Phi) is 3.93. The Morgan fingerprint density at radius 2 is 2.20 bits per heavy atom. The summed E-state index contributed by atoms with van der Waals surface area (Å²) in [6, 6.07) is 0. The topological polar surface area (TPSA) is 20.3 Å². The van der Waals surface area contributed by atoms with Gasteiger partial charge in [-0.05, 0) is 26.7 Å². The molecule has 0 radical (unpaired) electrons. The highest BCUT2D eigenvalue weighted by atomic mass is 35.5.